The number of pyridine rings is 1. The second-order valence-corrected chi connectivity index (χ2v) is 6.57. The van der Waals surface area contributed by atoms with Gasteiger partial charge in [-0.1, -0.05) is 6.92 Å². The molecule has 0 radical (unpaired) electrons. The number of aryl methyl sites for hydroxylation is 1. The normalized spacial score (nSPS) is 10.7. The third-order valence-electron chi connectivity index (χ3n) is 4.53. The minimum absolute atomic E-state index is 0.0372. The Bertz CT molecular complexity index is 1160. The Balaban J connectivity index is 1.55. The summed E-state index contributed by atoms with van der Waals surface area (Å²) in [6, 6.07) is 12.1. The largest absolute Gasteiger partial charge is 0.366 e. The summed E-state index contributed by atoms with van der Waals surface area (Å²) in [5, 5.41) is 14.2. The molecule has 30 heavy (non-hydrogen) atoms. The lowest BCUT2D eigenvalue weighted by Gasteiger charge is -2.10. The van der Waals surface area contributed by atoms with E-state index in [9.17, 15) is 10.1 Å². The topological polar surface area (TPSA) is 112 Å². The molecule has 0 aliphatic heterocycles. The van der Waals surface area contributed by atoms with Crippen LogP contribution in [0.15, 0.2) is 67.4 Å². The number of imidazole rings is 1. The van der Waals surface area contributed by atoms with Crippen molar-refractivity contribution < 1.29 is 4.92 Å². The second kappa shape index (κ2) is 8.48. The Morgan fingerprint density at radius 3 is 2.63 bits per heavy atom. The summed E-state index contributed by atoms with van der Waals surface area (Å²) >= 11 is 0. The van der Waals surface area contributed by atoms with Crippen LogP contribution in [0.25, 0.3) is 17.2 Å². The standard InChI is InChI=1S/C21H19N7O2/c1-2-17-12-19(26-21(25-17)16-3-5-18(6-4-16)28(29)30)24-13-15-7-8-23-20(11-15)27-10-9-22-14-27/h3-12,14H,2,13H2,1H3,(H,24,25,26). The van der Waals surface area contributed by atoms with Gasteiger partial charge in [0.05, 0.1) is 4.92 Å². The van der Waals surface area contributed by atoms with Gasteiger partial charge in [0, 0.05) is 54.6 Å². The molecule has 0 saturated carbocycles. The molecule has 9 heteroatoms. The summed E-state index contributed by atoms with van der Waals surface area (Å²) in [6.07, 6.45) is 7.75. The first-order valence-electron chi connectivity index (χ1n) is 9.42. The summed E-state index contributed by atoms with van der Waals surface area (Å²) < 4.78 is 1.84. The van der Waals surface area contributed by atoms with Crippen LogP contribution in [0.5, 0.6) is 0 Å². The summed E-state index contributed by atoms with van der Waals surface area (Å²) in [5.41, 5.74) is 2.69. The minimum Gasteiger partial charge on any atom is -0.366 e. The number of non-ortho nitro benzene ring substituents is 1. The van der Waals surface area contributed by atoms with E-state index >= 15 is 0 Å². The third kappa shape index (κ3) is 4.30. The van der Waals surface area contributed by atoms with Crippen LogP contribution in [-0.2, 0) is 13.0 Å². The van der Waals surface area contributed by atoms with Crippen molar-refractivity contribution in [2.24, 2.45) is 0 Å². The van der Waals surface area contributed by atoms with Gasteiger partial charge in [-0.2, -0.15) is 0 Å². The van der Waals surface area contributed by atoms with E-state index in [1.54, 1.807) is 30.9 Å². The van der Waals surface area contributed by atoms with Gasteiger partial charge in [-0.05, 0) is 36.2 Å². The fourth-order valence-electron chi connectivity index (χ4n) is 2.93. The van der Waals surface area contributed by atoms with E-state index in [2.05, 4.69) is 25.3 Å². The van der Waals surface area contributed by atoms with Crippen LogP contribution in [0.3, 0.4) is 0 Å². The van der Waals surface area contributed by atoms with Gasteiger partial charge >= 0.3 is 0 Å². The number of nitrogens with zero attached hydrogens (tertiary/aromatic N) is 6. The van der Waals surface area contributed by atoms with Crippen molar-refractivity contribution in [3.63, 3.8) is 0 Å². The molecule has 0 aliphatic carbocycles. The minimum atomic E-state index is -0.424. The lowest BCUT2D eigenvalue weighted by Crippen LogP contribution is -2.06. The van der Waals surface area contributed by atoms with Crippen LogP contribution in [0.4, 0.5) is 11.5 Å². The lowest BCUT2D eigenvalue weighted by atomic mass is 10.2. The fourth-order valence-corrected chi connectivity index (χ4v) is 2.93. The smallest absolute Gasteiger partial charge is 0.269 e. The Morgan fingerprint density at radius 1 is 1.10 bits per heavy atom. The van der Waals surface area contributed by atoms with E-state index in [4.69, 9.17) is 0 Å². The highest BCUT2D eigenvalue weighted by Crippen LogP contribution is 2.22. The van der Waals surface area contributed by atoms with Gasteiger partial charge in [0.2, 0.25) is 0 Å². The summed E-state index contributed by atoms with van der Waals surface area (Å²) in [6.45, 7) is 2.58. The van der Waals surface area contributed by atoms with Crippen LogP contribution >= 0.6 is 0 Å². The molecular formula is C21H19N7O2. The quantitative estimate of drug-likeness (QED) is 0.370. The number of nitro groups is 1. The highest BCUT2D eigenvalue weighted by atomic mass is 16.6. The van der Waals surface area contributed by atoms with E-state index in [0.717, 1.165) is 29.1 Å². The molecule has 9 nitrogen and oxygen atoms in total. The summed E-state index contributed by atoms with van der Waals surface area (Å²) in [4.78, 5) is 28.0. The number of anilines is 1. The molecular weight excluding hydrogens is 382 g/mol. The Kier molecular flexibility index (Phi) is 5.42. The maximum Gasteiger partial charge on any atom is 0.269 e. The van der Waals surface area contributed by atoms with Crippen LogP contribution in [-0.4, -0.2) is 29.4 Å². The first kappa shape index (κ1) is 19.2. The van der Waals surface area contributed by atoms with Crippen LogP contribution in [0.1, 0.15) is 18.2 Å². The number of hydrogen-bond acceptors (Lipinski definition) is 7. The molecule has 0 atom stereocenters. The molecule has 1 aromatic carbocycles. The monoisotopic (exact) mass is 401 g/mol. The van der Waals surface area contributed by atoms with Gasteiger partial charge in [-0.25, -0.2) is 19.9 Å². The molecule has 0 spiro atoms. The van der Waals surface area contributed by atoms with Crippen molar-refractivity contribution in [2.45, 2.75) is 19.9 Å². The summed E-state index contributed by atoms with van der Waals surface area (Å²) in [7, 11) is 0. The van der Waals surface area contributed by atoms with Crippen LogP contribution < -0.4 is 5.32 Å². The van der Waals surface area contributed by atoms with Crippen molar-refractivity contribution in [2.75, 3.05) is 5.32 Å². The van der Waals surface area contributed by atoms with Crippen molar-refractivity contribution in [3.05, 3.63) is 88.8 Å². The highest BCUT2D eigenvalue weighted by Gasteiger charge is 2.10. The van der Waals surface area contributed by atoms with Gasteiger partial charge in [-0.3, -0.25) is 14.7 Å². The maximum atomic E-state index is 10.9. The maximum absolute atomic E-state index is 10.9. The van der Waals surface area contributed by atoms with E-state index in [-0.39, 0.29) is 5.69 Å². The fraction of sp³-hybridized carbons (Fsp3) is 0.143. The number of benzene rings is 1. The molecule has 1 N–H and O–H groups in total. The van der Waals surface area contributed by atoms with E-state index in [1.165, 1.54) is 12.1 Å². The zero-order valence-corrected chi connectivity index (χ0v) is 16.3. The second-order valence-electron chi connectivity index (χ2n) is 6.57. The van der Waals surface area contributed by atoms with Crippen molar-refractivity contribution >= 4 is 11.5 Å². The van der Waals surface area contributed by atoms with Crippen LogP contribution in [0, 0.1) is 10.1 Å². The Morgan fingerprint density at radius 2 is 1.93 bits per heavy atom. The number of rotatable bonds is 7. The molecule has 4 aromatic rings. The molecule has 0 fully saturated rings. The Hall–Kier alpha value is -4.14. The van der Waals surface area contributed by atoms with Crippen molar-refractivity contribution in [1.82, 2.24) is 24.5 Å². The molecule has 0 aliphatic rings. The van der Waals surface area contributed by atoms with Crippen molar-refractivity contribution in [1.29, 1.82) is 0 Å². The highest BCUT2D eigenvalue weighted by molar-refractivity contribution is 5.59. The molecule has 4 rings (SSSR count). The summed E-state index contributed by atoms with van der Waals surface area (Å²) in [5.74, 6) is 2.01. The van der Waals surface area contributed by atoms with Gasteiger partial charge in [0.25, 0.3) is 5.69 Å². The lowest BCUT2D eigenvalue weighted by molar-refractivity contribution is -0.384. The zero-order chi connectivity index (χ0) is 20.9. The van der Waals surface area contributed by atoms with Gasteiger partial charge in [-0.15, -0.1) is 0 Å². The van der Waals surface area contributed by atoms with E-state index < -0.39 is 4.92 Å². The third-order valence-corrected chi connectivity index (χ3v) is 4.53. The van der Waals surface area contributed by atoms with E-state index in [0.29, 0.717) is 18.2 Å². The number of aromatic nitrogens is 5. The first-order valence-corrected chi connectivity index (χ1v) is 9.42. The Labute approximate surface area is 172 Å². The zero-order valence-electron chi connectivity index (χ0n) is 16.3. The SMILES string of the molecule is CCc1cc(NCc2ccnc(-n3ccnc3)c2)nc(-c2ccc([N+](=O)[O-])cc2)n1. The van der Waals surface area contributed by atoms with Crippen molar-refractivity contribution in [3.8, 4) is 17.2 Å². The number of hydrogen-bond donors (Lipinski definition) is 1. The molecule has 0 saturated heterocycles. The molecule has 0 bridgehead atoms. The number of nitro benzene ring substituents is 1. The number of nitrogens with one attached hydrogen (secondary N) is 1. The molecule has 150 valence electrons. The average Bonchev–Trinajstić information content (AvgIpc) is 3.33. The first-order chi connectivity index (χ1) is 14.6. The predicted octanol–water partition coefficient (Wildman–Crippen LogP) is 3.81. The average molecular weight is 401 g/mol. The van der Waals surface area contributed by atoms with Gasteiger partial charge in [0.15, 0.2) is 5.82 Å². The molecule has 0 unspecified atom stereocenters. The molecule has 3 heterocycles. The van der Waals surface area contributed by atoms with Gasteiger partial charge < -0.3 is 5.32 Å². The molecule has 0 amide bonds. The van der Waals surface area contributed by atoms with Crippen LogP contribution in [0.2, 0.25) is 0 Å². The van der Waals surface area contributed by atoms with Gasteiger partial charge in [0.1, 0.15) is 18.0 Å². The van der Waals surface area contributed by atoms with E-state index in [1.807, 2.05) is 35.9 Å². The molecule has 3 aromatic heterocycles. The predicted molar refractivity (Wildman–Crippen MR) is 112 cm³/mol.